The minimum Gasteiger partial charge on any atom is -0.507 e. The molecular formula is C14H14O4. The predicted octanol–water partition coefficient (Wildman–Crippen LogP) is 2.78. The quantitative estimate of drug-likeness (QED) is 0.564. The number of aromatic hydroxyl groups is 2. The Morgan fingerprint density at radius 3 is 2.44 bits per heavy atom. The summed E-state index contributed by atoms with van der Waals surface area (Å²) < 4.78 is 0. The maximum atomic E-state index is 10.4. The molecule has 4 heteroatoms. The van der Waals surface area contributed by atoms with Crippen LogP contribution in [0.3, 0.4) is 0 Å². The first-order chi connectivity index (χ1) is 8.41. The lowest BCUT2D eigenvalue weighted by Gasteiger charge is -2.06. The first-order valence-electron chi connectivity index (χ1n) is 5.21. The molecule has 0 aliphatic carbocycles. The van der Waals surface area contributed by atoms with Crippen molar-refractivity contribution < 1.29 is 20.1 Å². The molecule has 1 aromatic carbocycles. The molecule has 0 amide bonds. The summed E-state index contributed by atoms with van der Waals surface area (Å²) in [7, 11) is 0. The second kappa shape index (κ2) is 5.72. The van der Waals surface area contributed by atoms with E-state index < -0.39 is 5.97 Å². The fourth-order valence-corrected chi connectivity index (χ4v) is 1.30. The molecule has 1 rings (SSSR count). The highest BCUT2D eigenvalue weighted by atomic mass is 16.4. The van der Waals surface area contributed by atoms with Crippen LogP contribution in [-0.2, 0) is 4.79 Å². The van der Waals surface area contributed by atoms with Crippen molar-refractivity contribution in [2.24, 2.45) is 0 Å². The van der Waals surface area contributed by atoms with Crippen LogP contribution in [0.25, 0.3) is 12.2 Å². The highest BCUT2D eigenvalue weighted by Crippen LogP contribution is 2.32. The molecular weight excluding hydrogens is 232 g/mol. The summed E-state index contributed by atoms with van der Waals surface area (Å²) in [6, 6.07) is 2.82. The average Bonchev–Trinajstić information content (AvgIpc) is 2.27. The van der Waals surface area contributed by atoms with E-state index in [1.807, 2.05) is 0 Å². The van der Waals surface area contributed by atoms with Gasteiger partial charge in [0, 0.05) is 11.6 Å². The number of phenols is 2. The molecule has 0 aromatic heterocycles. The number of carboxylic acid groups (broad SMARTS) is 1. The monoisotopic (exact) mass is 246 g/mol. The van der Waals surface area contributed by atoms with E-state index >= 15 is 0 Å². The van der Waals surface area contributed by atoms with Crippen molar-refractivity contribution in [3.8, 4) is 11.5 Å². The lowest BCUT2D eigenvalue weighted by molar-refractivity contribution is -0.131. The highest BCUT2D eigenvalue weighted by Gasteiger charge is 2.08. The van der Waals surface area contributed by atoms with E-state index in [0.717, 1.165) is 11.6 Å². The predicted molar refractivity (Wildman–Crippen MR) is 70.3 cm³/mol. The van der Waals surface area contributed by atoms with Gasteiger partial charge >= 0.3 is 5.97 Å². The highest BCUT2D eigenvalue weighted by molar-refractivity contribution is 5.86. The SMILES string of the molecule is C=C(C)C=Cc1c(O)ccc(C=CC(=O)O)c1O. The Hall–Kier alpha value is -2.49. The van der Waals surface area contributed by atoms with Gasteiger partial charge in [-0.25, -0.2) is 4.79 Å². The molecule has 0 spiro atoms. The third-order valence-electron chi connectivity index (χ3n) is 2.17. The second-order valence-corrected chi connectivity index (χ2v) is 3.79. The third kappa shape index (κ3) is 3.52. The number of carbonyl (C=O) groups is 1. The summed E-state index contributed by atoms with van der Waals surface area (Å²) in [4.78, 5) is 10.4. The summed E-state index contributed by atoms with van der Waals surface area (Å²) >= 11 is 0. The molecule has 0 saturated heterocycles. The van der Waals surface area contributed by atoms with Gasteiger partial charge in [0.25, 0.3) is 0 Å². The smallest absolute Gasteiger partial charge is 0.328 e. The van der Waals surface area contributed by atoms with Crippen LogP contribution in [-0.4, -0.2) is 21.3 Å². The van der Waals surface area contributed by atoms with Gasteiger partial charge in [0.15, 0.2) is 0 Å². The van der Waals surface area contributed by atoms with Crippen LogP contribution in [0.4, 0.5) is 0 Å². The van der Waals surface area contributed by atoms with E-state index in [0.29, 0.717) is 5.56 Å². The van der Waals surface area contributed by atoms with Gasteiger partial charge < -0.3 is 15.3 Å². The van der Waals surface area contributed by atoms with Crippen LogP contribution in [0.1, 0.15) is 18.1 Å². The van der Waals surface area contributed by atoms with E-state index in [9.17, 15) is 15.0 Å². The van der Waals surface area contributed by atoms with Gasteiger partial charge in [-0.15, -0.1) is 0 Å². The Morgan fingerprint density at radius 2 is 1.89 bits per heavy atom. The molecule has 4 nitrogen and oxygen atoms in total. The third-order valence-corrected chi connectivity index (χ3v) is 2.17. The van der Waals surface area contributed by atoms with Gasteiger partial charge in [0.05, 0.1) is 5.56 Å². The largest absolute Gasteiger partial charge is 0.507 e. The fraction of sp³-hybridized carbons (Fsp3) is 0.0714. The first kappa shape index (κ1) is 13.6. The van der Waals surface area contributed by atoms with E-state index in [1.165, 1.54) is 24.3 Å². The van der Waals surface area contributed by atoms with Crippen LogP contribution in [0.2, 0.25) is 0 Å². The van der Waals surface area contributed by atoms with Crippen LogP contribution >= 0.6 is 0 Å². The molecule has 0 aliphatic heterocycles. The molecule has 0 atom stereocenters. The van der Waals surface area contributed by atoms with Gasteiger partial charge in [0.2, 0.25) is 0 Å². The summed E-state index contributed by atoms with van der Waals surface area (Å²) in [5, 5.41) is 28.1. The Bertz CT molecular complexity index is 539. The van der Waals surface area contributed by atoms with Crippen molar-refractivity contribution in [2.75, 3.05) is 0 Å². The van der Waals surface area contributed by atoms with E-state index in [4.69, 9.17) is 5.11 Å². The molecule has 3 N–H and O–H groups in total. The minimum absolute atomic E-state index is 0.0857. The number of rotatable bonds is 4. The van der Waals surface area contributed by atoms with Crippen LogP contribution in [0.15, 0.2) is 36.4 Å². The number of hydrogen-bond donors (Lipinski definition) is 3. The number of carboxylic acids is 1. The summed E-state index contributed by atoms with van der Waals surface area (Å²) in [5.41, 5.74) is 1.31. The molecule has 0 fully saturated rings. The van der Waals surface area contributed by atoms with Gasteiger partial charge in [-0.1, -0.05) is 18.2 Å². The molecule has 0 radical (unpaired) electrons. The summed E-state index contributed by atoms with van der Waals surface area (Å²) in [6.45, 7) is 5.45. The lowest BCUT2D eigenvalue weighted by Crippen LogP contribution is -1.87. The molecule has 1 aromatic rings. The normalized spacial score (nSPS) is 11.2. The maximum Gasteiger partial charge on any atom is 0.328 e. The standard InChI is InChI=1S/C14H14O4/c1-9(2)3-6-11-12(15)7-4-10(14(11)18)5-8-13(16)17/h3-8,15,18H,1H2,2H3,(H,16,17). The zero-order valence-electron chi connectivity index (χ0n) is 9.92. The molecule has 0 unspecified atom stereocenters. The zero-order chi connectivity index (χ0) is 13.7. The Labute approximate surface area is 105 Å². The molecule has 0 bridgehead atoms. The number of hydrogen-bond acceptors (Lipinski definition) is 3. The number of benzene rings is 1. The van der Waals surface area contributed by atoms with Gasteiger partial charge in [-0.05, 0) is 31.2 Å². The second-order valence-electron chi connectivity index (χ2n) is 3.79. The average molecular weight is 246 g/mol. The van der Waals surface area contributed by atoms with Crippen LogP contribution < -0.4 is 0 Å². The summed E-state index contributed by atoms with van der Waals surface area (Å²) in [6.07, 6.45) is 5.33. The maximum absolute atomic E-state index is 10.4. The van der Waals surface area contributed by atoms with Crippen LogP contribution in [0.5, 0.6) is 11.5 Å². The van der Waals surface area contributed by atoms with Crippen molar-refractivity contribution in [1.29, 1.82) is 0 Å². The van der Waals surface area contributed by atoms with Crippen LogP contribution in [0, 0.1) is 0 Å². The topological polar surface area (TPSA) is 77.8 Å². The van der Waals surface area contributed by atoms with Crippen molar-refractivity contribution >= 4 is 18.1 Å². The Kier molecular flexibility index (Phi) is 4.32. The van der Waals surface area contributed by atoms with Gasteiger partial charge in [-0.3, -0.25) is 0 Å². The van der Waals surface area contributed by atoms with Crippen molar-refractivity contribution in [1.82, 2.24) is 0 Å². The van der Waals surface area contributed by atoms with Crippen molar-refractivity contribution in [2.45, 2.75) is 6.92 Å². The Morgan fingerprint density at radius 1 is 1.22 bits per heavy atom. The van der Waals surface area contributed by atoms with Gasteiger partial charge in [-0.2, -0.15) is 0 Å². The van der Waals surface area contributed by atoms with E-state index in [-0.39, 0.29) is 17.1 Å². The molecule has 18 heavy (non-hydrogen) atoms. The molecule has 0 heterocycles. The minimum atomic E-state index is -1.11. The van der Waals surface area contributed by atoms with E-state index in [1.54, 1.807) is 13.0 Å². The molecule has 0 saturated carbocycles. The number of allylic oxidation sites excluding steroid dienone is 2. The fourth-order valence-electron chi connectivity index (χ4n) is 1.30. The van der Waals surface area contributed by atoms with E-state index in [2.05, 4.69) is 6.58 Å². The van der Waals surface area contributed by atoms with Crippen molar-refractivity contribution in [3.63, 3.8) is 0 Å². The number of aliphatic carboxylic acids is 1. The summed E-state index contributed by atoms with van der Waals surface area (Å²) in [5.74, 6) is -1.37. The molecule has 94 valence electrons. The first-order valence-corrected chi connectivity index (χ1v) is 5.21. The van der Waals surface area contributed by atoms with Crippen molar-refractivity contribution in [3.05, 3.63) is 47.6 Å². The zero-order valence-corrected chi connectivity index (χ0v) is 9.92. The number of phenolic OH excluding ortho intramolecular Hbond substituents is 2. The molecule has 0 aliphatic rings. The van der Waals surface area contributed by atoms with Gasteiger partial charge in [0.1, 0.15) is 11.5 Å². The lowest BCUT2D eigenvalue weighted by atomic mass is 10.1. The Balaban J connectivity index is 3.22.